The Morgan fingerprint density at radius 3 is 3.14 bits per heavy atom. The van der Waals surface area contributed by atoms with Crippen LogP contribution in [0.5, 0.6) is 0 Å². The molecule has 2 aliphatic rings. The van der Waals surface area contributed by atoms with Gasteiger partial charge in [0.1, 0.15) is 5.92 Å². The molecule has 1 amide bonds. The zero-order valence-electron chi connectivity index (χ0n) is 7.64. The van der Waals surface area contributed by atoms with Crippen LogP contribution < -0.4 is 5.32 Å². The fraction of sp³-hybridized carbons (Fsp3) is 0.556. The summed E-state index contributed by atoms with van der Waals surface area (Å²) in [6, 6.07) is 0. The Morgan fingerprint density at radius 2 is 2.43 bits per heavy atom. The van der Waals surface area contributed by atoms with Crippen LogP contribution in [0.3, 0.4) is 0 Å². The zero-order chi connectivity index (χ0) is 10.1. The summed E-state index contributed by atoms with van der Waals surface area (Å²) in [5, 5.41) is 11.8. The third-order valence-corrected chi connectivity index (χ3v) is 2.62. The van der Waals surface area contributed by atoms with E-state index < -0.39 is 11.9 Å². The first kappa shape index (κ1) is 9.21. The lowest BCUT2D eigenvalue weighted by molar-refractivity contribution is -0.153. The van der Waals surface area contributed by atoms with Crippen LogP contribution in [0.4, 0.5) is 0 Å². The molecule has 0 aromatic carbocycles. The fourth-order valence-corrected chi connectivity index (χ4v) is 1.83. The van der Waals surface area contributed by atoms with E-state index in [-0.39, 0.29) is 18.6 Å². The lowest BCUT2D eigenvalue weighted by atomic mass is 10.0. The van der Waals surface area contributed by atoms with Crippen molar-refractivity contribution in [3.05, 3.63) is 12.3 Å². The molecule has 0 aromatic heterocycles. The lowest BCUT2D eigenvalue weighted by Crippen LogP contribution is -2.58. The van der Waals surface area contributed by atoms with Crippen LogP contribution in [0, 0.1) is 5.92 Å². The molecule has 2 atom stereocenters. The Morgan fingerprint density at radius 1 is 1.64 bits per heavy atom. The number of allylic oxidation sites excluding steroid dienone is 1. The van der Waals surface area contributed by atoms with Crippen LogP contribution in [-0.2, 0) is 9.59 Å². The average Bonchev–Trinajstić information content (AvgIpc) is 2.18. The molecule has 1 saturated heterocycles. The summed E-state index contributed by atoms with van der Waals surface area (Å²) in [5.41, 5.74) is 0. The van der Waals surface area contributed by atoms with Crippen LogP contribution in [0.15, 0.2) is 12.3 Å². The van der Waals surface area contributed by atoms with Crippen molar-refractivity contribution in [2.75, 3.05) is 6.54 Å². The second-order valence-electron chi connectivity index (χ2n) is 3.52. The molecule has 0 radical (unpaired) electrons. The Hall–Kier alpha value is -1.36. The van der Waals surface area contributed by atoms with Crippen LogP contribution in [-0.4, -0.2) is 34.6 Å². The van der Waals surface area contributed by atoms with E-state index >= 15 is 0 Å². The second kappa shape index (κ2) is 3.42. The number of carboxylic acids is 1. The van der Waals surface area contributed by atoms with Gasteiger partial charge in [-0.05, 0) is 12.8 Å². The molecule has 0 aliphatic carbocycles. The fourth-order valence-electron chi connectivity index (χ4n) is 1.83. The maximum atomic E-state index is 11.7. The number of aliphatic carboxylic acids is 1. The van der Waals surface area contributed by atoms with Crippen molar-refractivity contribution in [1.29, 1.82) is 0 Å². The molecule has 2 heterocycles. The minimum absolute atomic E-state index is 0.0110. The van der Waals surface area contributed by atoms with Crippen LogP contribution in [0.1, 0.15) is 12.8 Å². The van der Waals surface area contributed by atoms with E-state index in [4.69, 9.17) is 5.11 Å². The third kappa shape index (κ3) is 1.39. The van der Waals surface area contributed by atoms with Gasteiger partial charge in [0.15, 0.2) is 0 Å². The number of hydrogen-bond acceptors (Lipinski definition) is 3. The smallest absolute Gasteiger partial charge is 0.317 e. The minimum Gasteiger partial charge on any atom is -0.481 e. The summed E-state index contributed by atoms with van der Waals surface area (Å²) in [5.74, 6) is -2.30. The summed E-state index contributed by atoms with van der Waals surface area (Å²) in [7, 11) is 0. The summed E-state index contributed by atoms with van der Waals surface area (Å²) in [6.07, 6.45) is 5.34. The molecule has 76 valence electrons. The number of carbonyl (C=O) groups is 2. The number of rotatable bonds is 1. The van der Waals surface area contributed by atoms with Gasteiger partial charge in [0.25, 0.3) is 0 Å². The van der Waals surface area contributed by atoms with Crippen molar-refractivity contribution in [2.45, 2.75) is 19.0 Å². The van der Waals surface area contributed by atoms with Gasteiger partial charge in [0.05, 0.1) is 6.17 Å². The van der Waals surface area contributed by atoms with Gasteiger partial charge in [0, 0.05) is 12.7 Å². The molecule has 2 N–H and O–H groups in total. The molecular formula is C9H12N2O3. The highest BCUT2D eigenvalue weighted by Crippen LogP contribution is 2.20. The molecule has 5 heteroatoms. The molecular weight excluding hydrogens is 184 g/mol. The molecule has 2 aliphatic heterocycles. The van der Waals surface area contributed by atoms with Gasteiger partial charge in [-0.15, -0.1) is 0 Å². The third-order valence-electron chi connectivity index (χ3n) is 2.62. The van der Waals surface area contributed by atoms with E-state index in [1.807, 2.05) is 6.08 Å². The molecule has 1 fully saturated rings. The van der Waals surface area contributed by atoms with Crippen molar-refractivity contribution < 1.29 is 14.7 Å². The van der Waals surface area contributed by atoms with Crippen LogP contribution in [0.2, 0.25) is 0 Å². The number of carbonyl (C=O) groups excluding carboxylic acids is 1. The summed E-state index contributed by atoms with van der Waals surface area (Å²) in [4.78, 5) is 23.9. The van der Waals surface area contributed by atoms with E-state index in [0.717, 1.165) is 12.8 Å². The van der Waals surface area contributed by atoms with Crippen molar-refractivity contribution in [2.24, 2.45) is 5.92 Å². The molecule has 2 rings (SSSR count). The Kier molecular flexibility index (Phi) is 2.25. The number of nitrogens with zero attached hydrogens (tertiary/aromatic N) is 1. The quantitative estimate of drug-likeness (QED) is 0.567. The average molecular weight is 196 g/mol. The highest BCUT2D eigenvalue weighted by molar-refractivity contribution is 5.98. The largest absolute Gasteiger partial charge is 0.481 e. The van der Waals surface area contributed by atoms with Gasteiger partial charge in [-0.25, -0.2) is 0 Å². The first-order valence-corrected chi connectivity index (χ1v) is 4.65. The number of fused-ring (bicyclic) bond motifs is 1. The van der Waals surface area contributed by atoms with Crippen molar-refractivity contribution in [3.8, 4) is 0 Å². The molecule has 0 saturated carbocycles. The lowest BCUT2D eigenvalue weighted by Gasteiger charge is -2.38. The monoisotopic (exact) mass is 196 g/mol. The topological polar surface area (TPSA) is 69.6 Å². The SMILES string of the molecule is O=C(O)C1CNC2CCC=CN2C1=O. The van der Waals surface area contributed by atoms with Gasteiger partial charge < -0.3 is 10.0 Å². The number of carboxylic acid groups (broad SMARTS) is 1. The van der Waals surface area contributed by atoms with Crippen molar-refractivity contribution in [3.63, 3.8) is 0 Å². The van der Waals surface area contributed by atoms with E-state index in [0.29, 0.717) is 0 Å². The Balaban J connectivity index is 2.18. The number of amides is 1. The highest BCUT2D eigenvalue weighted by atomic mass is 16.4. The van der Waals surface area contributed by atoms with Crippen LogP contribution >= 0.6 is 0 Å². The molecule has 0 aromatic rings. The Bertz CT molecular complexity index is 300. The zero-order valence-corrected chi connectivity index (χ0v) is 7.64. The summed E-state index contributed by atoms with van der Waals surface area (Å²) < 4.78 is 0. The molecule has 5 nitrogen and oxygen atoms in total. The van der Waals surface area contributed by atoms with Gasteiger partial charge in [0.2, 0.25) is 5.91 Å². The van der Waals surface area contributed by atoms with E-state index in [9.17, 15) is 9.59 Å². The van der Waals surface area contributed by atoms with Gasteiger partial charge >= 0.3 is 5.97 Å². The standard InChI is InChI=1S/C9H12N2O3/c12-8-6(9(13)14)5-10-7-3-1-2-4-11(7)8/h2,4,6-7,10H,1,3,5H2,(H,13,14). The van der Waals surface area contributed by atoms with Gasteiger partial charge in [-0.2, -0.15) is 0 Å². The Labute approximate surface area is 81.4 Å². The highest BCUT2D eigenvalue weighted by Gasteiger charge is 2.38. The summed E-state index contributed by atoms with van der Waals surface area (Å²) in [6.45, 7) is 0.239. The summed E-state index contributed by atoms with van der Waals surface area (Å²) >= 11 is 0. The normalized spacial score (nSPS) is 31.4. The molecule has 14 heavy (non-hydrogen) atoms. The van der Waals surface area contributed by atoms with E-state index in [2.05, 4.69) is 5.32 Å². The minimum atomic E-state index is -1.06. The number of hydrogen-bond donors (Lipinski definition) is 2. The van der Waals surface area contributed by atoms with E-state index in [1.165, 1.54) is 4.90 Å². The predicted octanol–water partition coefficient (Wildman–Crippen LogP) is -0.247. The van der Waals surface area contributed by atoms with E-state index in [1.54, 1.807) is 6.20 Å². The maximum Gasteiger partial charge on any atom is 0.317 e. The van der Waals surface area contributed by atoms with Crippen LogP contribution in [0.25, 0.3) is 0 Å². The van der Waals surface area contributed by atoms with Gasteiger partial charge in [-0.1, -0.05) is 6.08 Å². The van der Waals surface area contributed by atoms with Crippen molar-refractivity contribution >= 4 is 11.9 Å². The number of nitrogens with one attached hydrogen (secondary N) is 1. The molecule has 2 unspecified atom stereocenters. The van der Waals surface area contributed by atoms with Gasteiger partial charge in [-0.3, -0.25) is 14.9 Å². The molecule has 0 spiro atoms. The maximum absolute atomic E-state index is 11.7. The first-order valence-electron chi connectivity index (χ1n) is 4.65. The van der Waals surface area contributed by atoms with Crippen molar-refractivity contribution in [1.82, 2.24) is 10.2 Å². The molecule has 0 bridgehead atoms. The second-order valence-corrected chi connectivity index (χ2v) is 3.52. The predicted molar refractivity (Wildman–Crippen MR) is 48.1 cm³/mol. The first-order chi connectivity index (χ1) is 6.70.